The molecule has 0 amide bonds. The highest BCUT2D eigenvalue weighted by Gasteiger charge is 2.27. The first-order valence-corrected chi connectivity index (χ1v) is 8.40. The molecular weight excluding hydrogens is 302 g/mol. The van der Waals surface area contributed by atoms with E-state index in [-0.39, 0.29) is 6.04 Å². The summed E-state index contributed by atoms with van der Waals surface area (Å²) in [4.78, 5) is 0. The highest BCUT2D eigenvalue weighted by molar-refractivity contribution is 7.91. The van der Waals surface area contributed by atoms with Crippen LogP contribution in [0.3, 0.4) is 0 Å². The van der Waals surface area contributed by atoms with Gasteiger partial charge in [0.05, 0.1) is 0 Å². The van der Waals surface area contributed by atoms with Crippen LogP contribution < -0.4 is 0 Å². The summed E-state index contributed by atoms with van der Waals surface area (Å²) in [7, 11) is -1.89. The molecule has 102 valence electrons. The molecule has 0 spiro atoms. The Morgan fingerprint density at radius 1 is 1.21 bits per heavy atom. The third kappa shape index (κ3) is 2.84. The van der Waals surface area contributed by atoms with E-state index in [9.17, 15) is 8.42 Å². The van der Waals surface area contributed by atoms with Gasteiger partial charge in [-0.25, -0.2) is 8.42 Å². The van der Waals surface area contributed by atoms with Crippen molar-refractivity contribution in [3.8, 4) is 0 Å². The first-order chi connectivity index (χ1) is 8.94. The number of nitrogens with zero attached hydrogens (tertiary/aromatic N) is 1. The topological polar surface area (TPSA) is 37.4 Å². The van der Waals surface area contributed by atoms with Gasteiger partial charge in [0.2, 0.25) is 0 Å². The van der Waals surface area contributed by atoms with Gasteiger partial charge in [0.1, 0.15) is 4.21 Å². The second kappa shape index (κ2) is 5.63. The molecule has 0 aliphatic carbocycles. The molecule has 0 aliphatic rings. The van der Waals surface area contributed by atoms with Gasteiger partial charge in [-0.2, -0.15) is 4.31 Å². The zero-order chi connectivity index (χ0) is 14.0. The van der Waals surface area contributed by atoms with E-state index in [0.29, 0.717) is 9.23 Å². The molecule has 0 aliphatic heterocycles. The van der Waals surface area contributed by atoms with E-state index in [1.165, 1.54) is 15.6 Å². The lowest BCUT2D eigenvalue weighted by Crippen LogP contribution is -2.29. The monoisotopic (exact) mass is 315 g/mol. The van der Waals surface area contributed by atoms with E-state index in [4.69, 9.17) is 11.6 Å². The number of halogens is 1. The van der Waals surface area contributed by atoms with E-state index < -0.39 is 10.0 Å². The number of hydrogen-bond donors (Lipinski definition) is 0. The quantitative estimate of drug-likeness (QED) is 0.861. The summed E-state index contributed by atoms with van der Waals surface area (Å²) in [5.74, 6) is 0. The number of sulfonamides is 1. The van der Waals surface area contributed by atoms with Crippen LogP contribution in [0, 0.1) is 0 Å². The minimum atomic E-state index is -3.47. The van der Waals surface area contributed by atoms with Crippen molar-refractivity contribution < 1.29 is 8.42 Å². The lowest BCUT2D eigenvalue weighted by atomic mass is 10.1. The largest absolute Gasteiger partial charge is 0.252 e. The Bertz CT molecular complexity index is 653. The normalized spacial score (nSPS) is 13.7. The molecule has 0 bridgehead atoms. The molecule has 2 rings (SSSR count). The molecule has 1 unspecified atom stereocenters. The smallest absolute Gasteiger partial charge is 0.206 e. The molecular formula is C13H14ClNO2S2. The van der Waals surface area contributed by atoms with E-state index in [1.54, 1.807) is 30.6 Å². The van der Waals surface area contributed by atoms with Crippen molar-refractivity contribution in [1.82, 2.24) is 4.31 Å². The van der Waals surface area contributed by atoms with Gasteiger partial charge in [-0.15, -0.1) is 11.3 Å². The summed E-state index contributed by atoms with van der Waals surface area (Å²) in [6, 6.07) is 10.3. The lowest BCUT2D eigenvalue weighted by Gasteiger charge is -2.24. The maximum Gasteiger partial charge on any atom is 0.252 e. The molecule has 1 aromatic carbocycles. The standard InChI is InChI=1S/C13H14ClNO2S2/c1-10(11-6-3-4-7-12(11)14)15(2)19(16,17)13-8-5-9-18-13/h3-10H,1-2H3. The summed E-state index contributed by atoms with van der Waals surface area (Å²) >= 11 is 7.33. The minimum Gasteiger partial charge on any atom is -0.206 e. The van der Waals surface area contributed by atoms with Gasteiger partial charge in [-0.3, -0.25) is 0 Å². The number of rotatable bonds is 4. The Balaban J connectivity index is 2.35. The maximum absolute atomic E-state index is 12.4. The van der Waals surface area contributed by atoms with Crippen LogP contribution in [-0.2, 0) is 10.0 Å². The van der Waals surface area contributed by atoms with E-state index in [1.807, 2.05) is 25.1 Å². The van der Waals surface area contributed by atoms with Gasteiger partial charge in [-0.1, -0.05) is 35.9 Å². The van der Waals surface area contributed by atoms with Gasteiger partial charge in [0.15, 0.2) is 0 Å². The zero-order valence-electron chi connectivity index (χ0n) is 10.6. The van der Waals surface area contributed by atoms with Crippen molar-refractivity contribution >= 4 is 33.0 Å². The Morgan fingerprint density at radius 2 is 1.89 bits per heavy atom. The molecule has 0 radical (unpaired) electrons. The number of benzene rings is 1. The van der Waals surface area contributed by atoms with Crippen LogP contribution in [0.1, 0.15) is 18.5 Å². The number of hydrogen-bond acceptors (Lipinski definition) is 3. The van der Waals surface area contributed by atoms with Gasteiger partial charge >= 0.3 is 0 Å². The summed E-state index contributed by atoms with van der Waals surface area (Å²) < 4.78 is 26.5. The molecule has 1 aromatic heterocycles. The second-order valence-electron chi connectivity index (χ2n) is 4.15. The average molecular weight is 316 g/mol. The SMILES string of the molecule is CC(c1ccccc1Cl)N(C)S(=O)(=O)c1cccs1. The molecule has 3 nitrogen and oxygen atoms in total. The van der Waals surface area contributed by atoms with Crippen molar-refractivity contribution in [3.05, 3.63) is 52.4 Å². The summed E-state index contributed by atoms with van der Waals surface area (Å²) in [6.07, 6.45) is 0. The lowest BCUT2D eigenvalue weighted by molar-refractivity contribution is 0.399. The van der Waals surface area contributed by atoms with Crippen molar-refractivity contribution in [2.45, 2.75) is 17.2 Å². The van der Waals surface area contributed by atoms with Crippen molar-refractivity contribution in [2.24, 2.45) is 0 Å². The van der Waals surface area contributed by atoms with E-state index >= 15 is 0 Å². The predicted molar refractivity (Wildman–Crippen MR) is 79.1 cm³/mol. The number of thiophene rings is 1. The zero-order valence-corrected chi connectivity index (χ0v) is 13.0. The molecule has 0 saturated heterocycles. The van der Waals surface area contributed by atoms with Crippen molar-refractivity contribution in [3.63, 3.8) is 0 Å². The summed E-state index contributed by atoms with van der Waals surface area (Å²) in [5.41, 5.74) is 0.798. The van der Waals surface area contributed by atoms with Crippen LogP contribution >= 0.6 is 22.9 Å². The van der Waals surface area contributed by atoms with E-state index in [2.05, 4.69) is 0 Å². The van der Waals surface area contributed by atoms with Gasteiger partial charge < -0.3 is 0 Å². The van der Waals surface area contributed by atoms with Crippen LogP contribution in [0.25, 0.3) is 0 Å². The average Bonchev–Trinajstić information content (AvgIpc) is 2.92. The second-order valence-corrected chi connectivity index (χ2v) is 7.73. The van der Waals surface area contributed by atoms with Gasteiger partial charge in [0, 0.05) is 18.1 Å². The molecule has 0 N–H and O–H groups in total. The first-order valence-electron chi connectivity index (χ1n) is 5.70. The van der Waals surface area contributed by atoms with Crippen molar-refractivity contribution in [1.29, 1.82) is 0 Å². The van der Waals surface area contributed by atoms with Crippen LogP contribution in [0.15, 0.2) is 46.0 Å². The fourth-order valence-corrected chi connectivity index (χ4v) is 4.58. The third-order valence-corrected chi connectivity index (χ3v) is 6.67. The first kappa shape index (κ1) is 14.5. The highest BCUT2D eigenvalue weighted by atomic mass is 35.5. The molecule has 2 aromatic rings. The predicted octanol–water partition coefficient (Wildman–Crippen LogP) is 3.78. The highest BCUT2D eigenvalue weighted by Crippen LogP contribution is 2.31. The van der Waals surface area contributed by atoms with E-state index in [0.717, 1.165) is 5.56 Å². The molecule has 1 atom stereocenters. The van der Waals surface area contributed by atoms with Crippen LogP contribution in [-0.4, -0.2) is 19.8 Å². The summed E-state index contributed by atoms with van der Waals surface area (Å²) in [5, 5.41) is 2.32. The third-order valence-electron chi connectivity index (χ3n) is 3.03. The maximum atomic E-state index is 12.4. The van der Waals surface area contributed by atoms with Gasteiger partial charge in [0.25, 0.3) is 10.0 Å². The van der Waals surface area contributed by atoms with Crippen molar-refractivity contribution in [2.75, 3.05) is 7.05 Å². The molecule has 6 heteroatoms. The Labute approximate surface area is 122 Å². The van der Waals surface area contributed by atoms with Crippen LogP contribution in [0.2, 0.25) is 5.02 Å². The Kier molecular flexibility index (Phi) is 4.30. The molecule has 1 heterocycles. The molecule has 19 heavy (non-hydrogen) atoms. The fraction of sp³-hybridized carbons (Fsp3) is 0.231. The minimum absolute atomic E-state index is 0.319. The van der Waals surface area contributed by atoms with Crippen LogP contribution in [0.5, 0.6) is 0 Å². The summed E-state index contributed by atoms with van der Waals surface area (Å²) in [6.45, 7) is 1.83. The molecule has 0 saturated carbocycles. The van der Waals surface area contributed by atoms with Crippen LogP contribution in [0.4, 0.5) is 0 Å². The Hall–Kier alpha value is -0.880. The Morgan fingerprint density at radius 3 is 2.47 bits per heavy atom. The van der Waals surface area contributed by atoms with Gasteiger partial charge in [-0.05, 0) is 30.0 Å². The molecule has 0 fully saturated rings. The fourth-order valence-electron chi connectivity index (χ4n) is 1.77.